The van der Waals surface area contributed by atoms with E-state index in [2.05, 4.69) is 4.98 Å². The van der Waals surface area contributed by atoms with Crippen molar-refractivity contribution in [2.45, 2.75) is 6.92 Å². The Kier molecular flexibility index (Phi) is 2.49. The Morgan fingerprint density at radius 2 is 1.94 bits per heavy atom. The number of benzene rings is 2. The molecule has 0 fully saturated rings. The molecule has 18 heavy (non-hydrogen) atoms. The van der Waals surface area contributed by atoms with Crippen LogP contribution in [-0.4, -0.2) is 9.55 Å². The van der Waals surface area contributed by atoms with Crippen molar-refractivity contribution in [1.29, 1.82) is 0 Å². The lowest BCUT2D eigenvalue weighted by Gasteiger charge is -2.07. The van der Waals surface area contributed by atoms with Crippen LogP contribution in [0, 0.1) is 6.92 Å². The maximum Gasteiger partial charge on any atom is 0.331 e. The molecule has 4 heteroatoms. The first-order chi connectivity index (χ1) is 8.66. The van der Waals surface area contributed by atoms with Crippen molar-refractivity contribution < 1.29 is 0 Å². The van der Waals surface area contributed by atoms with Crippen LogP contribution in [0.5, 0.6) is 0 Å². The normalized spacial score (nSPS) is 11.0. The molecule has 0 atom stereocenters. The molecule has 1 aromatic heterocycles. The summed E-state index contributed by atoms with van der Waals surface area (Å²) in [5.74, 6) is 0. The minimum atomic E-state index is -0.137. The van der Waals surface area contributed by atoms with E-state index >= 15 is 0 Å². The van der Waals surface area contributed by atoms with Gasteiger partial charge in [-0.25, -0.2) is 4.79 Å². The van der Waals surface area contributed by atoms with Gasteiger partial charge in [0, 0.05) is 5.02 Å². The number of aromatic nitrogens is 2. The van der Waals surface area contributed by atoms with Gasteiger partial charge in [-0.1, -0.05) is 23.7 Å². The van der Waals surface area contributed by atoms with Crippen molar-refractivity contribution in [1.82, 2.24) is 9.55 Å². The summed E-state index contributed by atoms with van der Waals surface area (Å²) >= 11 is 5.94. The average molecular weight is 259 g/mol. The van der Waals surface area contributed by atoms with Gasteiger partial charge < -0.3 is 4.98 Å². The number of H-pyrrole nitrogens is 1. The van der Waals surface area contributed by atoms with E-state index in [0.717, 1.165) is 22.3 Å². The second kappa shape index (κ2) is 4.03. The van der Waals surface area contributed by atoms with Gasteiger partial charge in [0.15, 0.2) is 0 Å². The molecule has 0 unspecified atom stereocenters. The molecular formula is C14H11ClN2O. The van der Waals surface area contributed by atoms with Crippen LogP contribution in [0.4, 0.5) is 0 Å². The zero-order chi connectivity index (χ0) is 12.7. The van der Waals surface area contributed by atoms with Gasteiger partial charge in [0.25, 0.3) is 0 Å². The Balaban J connectivity index is 2.38. The maximum absolute atomic E-state index is 12.1. The van der Waals surface area contributed by atoms with Crippen LogP contribution >= 0.6 is 11.6 Å². The van der Waals surface area contributed by atoms with Gasteiger partial charge in [-0.15, -0.1) is 0 Å². The first kappa shape index (κ1) is 11.1. The van der Waals surface area contributed by atoms with Crippen molar-refractivity contribution in [2.24, 2.45) is 0 Å². The van der Waals surface area contributed by atoms with Crippen molar-refractivity contribution in [3.8, 4) is 5.69 Å². The second-order valence-corrected chi connectivity index (χ2v) is 4.65. The second-order valence-electron chi connectivity index (χ2n) is 4.21. The summed E-state index contributed by atoms with van der Waals surface area (Å²) in [4.78, 5) is 14.9. The third-order valence-electron chi connectivity index (χ3n) is 2.99. The fraction of sp³-hybridized carbons (Fsp3) is 0.0714. The lowest BCUT2D eigenvalue weighted by Crippen LogP contribution is -2.15. The number of halogens is 1. The van der Waals surface area contributed by atoms with Crippen LogP contribution in [0.2, 0.25) is 5.02 Å². The molecule has 3 nitrogen and oxygen atoms in total. The van der Waals surface area contributed by atoms with E-state index in [4.69, 9.17) is 11.6 Å². The summed E-state index contributed by atoms with van der Waals surface area (Å²) in [7, 11) is 0. The summed E-state index contributed by atoms with van der Waals surface area (Å²) < 4.78 is 1.67. The molecule has 2 aromatic carbocycles. The number of para-hydroxylation sites is 2. The number of hydrogen-bond acceptors (Lipinski definition) is 1. The van der Waals surface area contributed by atoms with Gasteiger partial charge in [-0.05, 0) is 42.8 Å². The highest BCUT2D eigenvalue weighted by molar-refractivity contribution is 6.30. The van der Waals surface area contributed by atoms with Gasteiger partial charge in [0.1, 0.15) is 0 Å². The maximum atomic E-state index is 12.1. The Morgan fingerprint density at radius 3 is 2.72 bits per heavy atom. The molecule has 1 N–H and O–H groups in total. The number of rotatable bonds is 1. The Bertz CT molecular complexity index is 786. The fourth-order valence-corrected chi connectivity index (χ4v) is 2.39. The van der Waals surface area contributed by atoms with Crippen LogP contribution in [0.1, 0.15) is 5.56 Å². The van der Waals surface area contributed by atoms with Crippen molar-refractivity contribution in [2.75, 3.05) is 0 Å². The van der Waals surface area contributed by atoms with E-state index in [0.29, 0.717) is 5.02 Å². The van der Waals surface area contributed by atoms with Crippen LogP contribution < -0.4 is 5.69 Å². The molecule has 0 aliphatic heterocycles. The van der Waals surface area contributed by atoms with Gasteiger partial charge in [0.05, 0.1) is 16.7 Å². The quantitative estimate of drug-likeness (QED) is 0.715. The van der Waals surface area contributed by atoms with E-state index < -0.39 is 0 Å². The van der Waals surface area contributed by atoms with E-state index in [1.165, 1.54) is 0 Å². The Labute approximate surface area is 109 Å². The molecule has 0 spiro atoms. The first-order valence-corrected chi connectivity index (χ1v) is 6.01. The van der Waals surface area contributed by atoms with Gasteiger partial charge in [0.2, 0.25) is 0 Å². The minimum Gasteiger partial charge on any atom is -0.305 e. The number of nitrogens with one attached hydrogen (secondary N) is 1. The smallest absolute Gasteiger partial charge is 0.305 e. The zero-order valence-corrected chi connectivity index (χ0v) is 10.5. The van der Waals surface area contributed by atoms with Gasteiger partial charge in [-0.2, -0.15) is 0 Å². The van der Waals surface area contributed by atoms with Crippen molar-refractivity contribution >= 4 is 22.6 Å². The number of aromatic amines is 1. The van der Waals surface area contributed by atoms with E-state index in [-0.39, 0.29) is 5.69 Å². The highest BCUT2D eigenvalue weighted by Gasteiger charge is 2.10. The summed E-state index contributed by atoms with van der Waals surface area (Å²) in [6, 6.07) is 13.1. The molecule has 0 amide bonds. The zero-order valence-electron chi connectivity index (χ0n) is 9.77. The molecule has 0 radical (unpaired) electrons. The molecule has 3 rings (SSSR count). The lowest BCUT2D eigenvalue weighted by atomic mass is 10.2. The third kappa shape index (κ3) is 1.64. The van der Waals surface area contributed by atoms with E-state index in [9.17, 15) is 4.79 Å². The summed E-state index contributed by atoms with van der Waals surface area (Å²) in [6.45, 7) is 1.94. The lowest BCUT2D eigenvalue weighted by molar-refractivity contribution is 1.00. The van der Waals surface area contributed by atoms with Gasteiger partial charge >= 0.3 is 5.69 Å². The summed E-state index contributed by atoms with van der Waals surface area (Å²) in [5.41, 5.74) is 3.38. The minimum absolute atomic E-state index is 0.137. The molecule has 0 saturated heterocycles. The number of aryl methyl sites for hydroxylation is 1. The van der Waals surface area contributed by atoms with Crippen molar-refractivity contribution in [3.63, 3.8) is 0 Å². The number of nitrogens with zero attached hydrogens (tertiary/aromatic N) is 1. The number of hydrogen-bond donors (Lipinski definition) is 1. The highest BCUT2D eigenvalue weighted by atomic mass is 35.5. The predicted octanol–water partition coefficient (Wildman–Crippen LogP) is 3.28. The molecule has 0 aliphatic rings. The molecule has 0 aliphatic carbocycles. The molecule has 0 bridgehead atoms. The van der Waals surface area contributed by atoms with Crippen LogP contribution in [0.15, 0.2) is 47.3 Å². The van der Waals surface area contributed by atoms with Crippen LogP contribution in [0.3, 0.4) is 0 Å². The SMILES string of the molecule is Cc1cc(Cl)ccc1-n1c(=O)[nH]c2ccccc21. The molecule has 90 valence electrons. The monoisotopic (exact) mass is 258 g/mol. The number of imidazole rings is 1. The van der Waals surface area contributed by atoms with Gasteiger partial charge in [-0.3, -0.25) is 4.57 Å². The van der Waals surface area contributed by atoms with E-state index in [1.807, 2.05) is 43.3 Å². The fourth-order valence-electron chi connectivity index (χ4n) is 2.16. The third-order valence-corrected chi connectivity index (χ3v) is 3.22. The predicted molar refractivity (Wildman–Crippen MR) is 73.6 cm³/mol. The molecule has 3 aromatic rings. The number of fused-ring (bicyclic) bond motifs is 1. The standard InChI is InChI=1S/C14H11ClN2O/c1-9-8-10(15)6-7-12(9)17-13-5-3-2-4-11(13)16-14(17)18/h2-8H,1H3,(H,16,18). The van der Waals surface area contributed by atoms with Crippen molar-refractivity contribution in [3.05, 3.63) is 63.5 Å². The Morgan fingerprint density at radius 1 is 1.17 bits per heavy atom. The summed E-state index contributed by atoms with van der Waals surface area (Å²) in [6.07, 6.45) is 0. The summed E-state index contributed by atoms with van der Waals surface area (Å²) in [5, 5.41) is 0.671. The topological polar surface area (TPSA) is 37.8 Å². The van der Waals surface area contributed by atoms with Crippen LogP contribution in [0.25, 0.3) is 16.7 Å². The average Bonchev–Trinajstić information content (AvgIpc) is 2.66. The molecule has 0 saturated carbocycles. The van der Waals surface area contributed by atoms with E-state index in [1.54, 1.807) is 10.6 Å². The molecule has 1 heterocycles. The van der Waals surface area contributed by atoms with Crippen LogP contribution in [-0.2, 0) is 0 Å². The first-order valence-electron chi connectivity index (χ1n) is 5.63. The highest BCUT2D eigenvalue weighted by Crippen LogP contribution is 2.21. The molecular weight excluding hydrogens is 248 g/mol. The Hall–Kier alpha value is -2.00. The largest absolute Gasteiger partial charge is 0.331 e.